The maximum atomic E-state index is 9.34. The van der Waals surface area contributed by atoms with Crippen molar-refractivity contribution < 1.29 is 9.47 Å². The molecular weight excluding hydrogens is 416 g/mol. The van der Waals surface area contributed by atoms with Crippen LogP contribution in [0, 0.1) is 11.3 Å². The second-order valence-electron chi connectivity index (χ2n) is 8.60. The first-order valence-electron chi connectivity index (χ1n) is 11.3. The van der Waals surface area contributed by atoms with E-state index >= 15 is 0 Å². The van der Waals surface area contributed by atoms with E-state index < -0.39 is 0 Å². The van der Waals surface area contributed by atoms with Crippen LogP contribution >= 0.6 is 11.3 Å². The fourth-order valence-corrected chi connectivity index (χ4v) is 6.83. The van der Waals surface area contributed by atoms with Crippen molar-refractivity contribution in [2.45, 2.75) is 44.7 Å². The minimum atomic E-state index is 0.180. The van der Waals surface area contributed by atoms with Crippen LogP contribution in [0.15, 0.2) is 42.5 Å². The molecule has 0 fully saturated rings. The summed E-state index contributed by atoms with van der Waals surface area (Å²) in [6, 6.07) is 16.8. The van der Waals surface area contributed by atoms with E-state index in [1.54, 1.807) is 30.2 Å². The number of hydrogen-bond donors (Lipinski definition) is 0. The van der Waals surface area contributed by atoms with E-state index in [0.29, 0.717) is 0 Å². The molecule has 164 valence electrons. The molecule has 2 heterocycles. The molecule has 5 rings (SSSR count). The Balaban J connectivity index is 1.59. The van der Waals surface area contributed by atoms with Gasteiger partial charge in [0, 0.05) is 22.8 Å². The Morgan fingerprint density at radius 3 is 2.66 bits per heavy atom. The summed E-state index contributed by atoms with van der Waals surface area (Å²) in [5, 5.41) is 9.34. The van der Waals surface area contributed by atoms with Crippen LogP contribution in [0.25, 0.3) is 0 Å². The molecule has 2 aliphatic rings. The van der Waals surface area contributed by atoms with Gasteiger partial charge >= 0.3 is 0 Å². The second-order valence-corrected chi connectivity index (χ2v) is 9.74. The minimum absolute atomic E-state index is 0.180. The Hall–Kier alpha value is -2.81. The quantitative estimate of drug-likeness (QED) is 0.509. The van der Waals surface area contributed by atoms with E-state index in [4.69, 9.17) is 9.47 Å². The summed E-state index contributed by atoms with van der Waals surface area (Å²) in [6.45, 7) is 1.82. The SMILES string of the molecule is COc1ccc(C2c3sc4c(c3CCN2Cc2cccc(C#N)c2)CCCC4)cc1OC. The highest BCUT2D eigenvalue weighted by Gasteiger charge is 2.34. The maximum Gasteiger partial charge on any atom is 0.161 e. The van der Waals surface area contributed by atoms with Crippen LogP contribution in [0.1, 0.15) is 56.5 Å². The predicted molar refractivity (Wildman–Crippen MR) is 128 cm³/mol. The molecular formula is C27H28N2O2S. The van der Waals surface area contributed by atoms with Gasteiger partial charge in [0.1, 0.15) is 0 Å². The molecule has 4 nitrogen and oxygen atoms in total. The smallest absolute Gasteiger partial charge is 0.161 e. The molecule has 1 unspecified atom stereocenters. The van der Waals surface area contributed by atoms with Crippen LogP contribution in [0.4, 0.5) is 0 Å². The van der Waals surface area contributed by atoms with Crippen molar-refractivity contribution in [1.29, 1.82) is 5.26 Å². The highest BCUT2D eigenvalue weighted by Crippen LogP contribution is 2.46. The van der Waals surface area contributed by atoms with E-state index in [1.807, 2.05) is 35.6 Å². The number of thiophene rings is 1. The molecule has 0 spiro atoms. The third-order valence-corrected chi connectivity index (χ3v) is 8.13. The number of nitrogens with zero attached hydrogens (tertiary/aromatic N) is 2. The van der Waals surface area contributed by atoms with Crippen molar-refractivity contribution in [2.24, 2.45) is 0 Å². The van der Waals surface area contributed by atoms with Crippen molar-refractivity contribution in [3.63, 3.8) is 0 Å². The molecule has 0 saturated carbocycles. The molecule has 5 heteroatoms. The monoisotopic (exact) mass is 444 g/mol. The first-order valence-corrected chi connectivity index (χ1v) is 12.1. The molecule has 3 aromatic rings. The highest BCUT2D eigenvalue weighted by atomic mass is 32.1. The molecule has 0 N–H and O–H groups in total. The summed E-state index contributed by atoms with van der Waals surface area (Å²) >= 11 is 2.02. The minimum Gasteiger partial charge on any atom is -0.493 e. The molecule has 0 radical (unpaired) electrons. The van der Waals surface area contributed by atoms with Gasteiger partial charge in [-0.2, -0.15) is 5.26 Å². The lowest BCUT2D eigenvalue weighted by atomic mass is 9.88. The van der Waals surface area contributed by atoms with Crippen molar-refractivity contribution >= 4 is 11.3 Å². The average Bonchev–Trinajstić information content (AvgIpc) is 3.22. The van der Waals surface area contributed by atoms with Crippen molar-refractivity contribution in [1.82, 2.24) is 4.90 Å². The van der Waals surface area contributed by atoms with Gasteiger partial charge in [-0.05, 0) is 78.6 Å². The van der Waals surface area contributed by atoms with Crippen LogP contribution < -0.4 is 9.47 Å². The fraction of sp³-hybridized carbons (Fsp3) is 0.370. The summed E-state index contributed by atoms with van der Waals surface area (Å²) < 4.78 is 11.1. The Bertz CT molecular complexity index is 1180. The summed E-state index contributed by atoms with van der Waals surface area (Å²) in [4.78, 5) is 5.65. The van der Waals surface area contributed by atoms with Gasteiger partial charge in [0.25, 0.3) is 0 Å². The summed E-state index contributed by atoms with van der Waals surface area (Å²) in [7, 11) is 3.38. The maximum absolute atomic E-state index is 9.34. The third-order valence-electron chi connectivity index (χ3n) is 6.74. The molecule has 0 amide bonds. The number of fused-ring (bicyclic) bond motifs is 3. The Morgan fingerprint density at radius 1 is 1.00 bits per heavy atom. The standard InChI is InChI=1S/C27H28N2O2S/c1-30-23-11-10-20(15-24(23)31-2)26-27-22(21-8-3-4-9-25(21)32-27)12-13-29(26)17-19-7-5-6-18(14-19)16-28/h5-7,10-11,14-15,26H,3-4,8-9,12-13,17H2,1-2H3. The largest absolute Gasteiger partial charge is 0.493 e. The number of nitriles is 1. The Kier molecular flexibility index (Phi) is 5.91. The van der Waals surface area contributed by atoms with Gasteiger partial charge in [0.2, 0.25) is 0 Å². The number of rotatable bonds is 5. The second kappa shape index (κ2) is 8.97. The zero-order valence-electron chi connectivity index (χ0n) is 18.7. The van der Waals surface area contributed by atoms with Crippen LogP contribution in [0.3, 0.4) is 0 Å². The molecule has 2 aromatic carbocycles. The first-order chi connectivity index (χ1) is 15.7. The van der Waals surface area contributed by atoms with Gasteiger partial charge in [-0.1, -0.05) is 18.2 Å². The lowest BCUT2D eigenvalue weighted by Gasteiger charge is -2.36. The molecule has 1 aromatic heterocycles. The molecule has 1 atom stereocenters. The fourth-order valence-electron chi connectivity index (χ4n) is 5.23. The van der Waals surface area contributed by atoms with Gasteiger partial charge in [-0.15, -0.1) is 11.3 Å². The first kappa shape index (κ1) is 21.1. The van der Waals surface area contributed by atoms with Crippen molar-refractivity contribution in [3.8, 4) is 17.6 Å². The lowest BCUT2D eigenvalue weighted by molar-refractivity contribution is 0.207. The Morgan fingerprint density at radius 2 is 1.84 bits per heavy atom. The van der Waals surface area contributed by atoms with Gasteiger partial charge in [0.15, 0.2) is 11.5 Å². The number of aryl methyl sites for hydroxylation is 1. The van der Waals surface area contributed by atoms with Gasteiger partial charge in [-0.25, -0.2) is 0 Å². The van der Waals surface area contributed by atoms with Crippen LogP contribution in [0.5, 0.6) is 11.5 Å². The van der Waals surface area contributed by atoms with Crippen LogP contribution in [-0.2, 0) is 25.8 Å². The van der Waals surface area contributed by atoms with Gasteiger partial charge in [-0.3, -0.25) is 4.90 Å². The van der Waals surface area contributed by atoms with Crippen molar-refractivity contribution in [3.05, 3.63) is 80.0 Å². The zero-order chi connectivity index (χ0) is 22.1. The van der Waals surface area contributed by atoms with Gasteiger partial charge in [0.05, 0.1) is 31.9 Å². The Labute approximate surface area is 194 Å². The molecule has 1 aliphatic heterocycles. The molecule has 1 aliphatic carbocycles. The van der Waals surface area contributed by atoms with Crippen molar-refractivity contribution in [2.75, 3.05) is 20.8 Å². The number of ether oxygens (including phenoxy) is 2. The van der Waals surface area contributed by atoms with Gasteiger partial charge < -0.3 is 9.47 Å². The topological polar surface area (TPSA) is 45.5 Å². The lowest BCUT2D eigenvalue weighted by Crippen LogP contribution is -2.35. The number of benzene rings is 2. The zero-order valence-corrected chi connectivity index (χ0v) is 19.5. The molecule has 32 heavy (non-hydrogen) atoms. The predicted octanol–water partition coefficient (Wildman–Crippen LogP) is 5.66. The normalized spacial score (nSPS) is 17.8. The molecule has 0 saturated heterocycles. The third kappa shape index (κ3) is 3.79. The van der Waals surface area contributed by atoms with Crippen LogP contribution in [-0.4, -0.2) is 25.7 Å². The molecule has 0 bridgehead atoms. The van der Waals surface area contributed by atoms with E-state index in [0.717, 1.165) is 36.6 Å². The van der Waals surface area contributed by atoms with E-state index in [-0.39, 0.29) is 6.04 Å². The summed E-state index contributed by atoms with van der Waals surface area (Å²) in [6.07, 6.45) is 6.16. The summed E-state index contributed by atoms with van der Waals surface area (Å²) in [5.74, 6) is 1.52. The summed E-state index contributed by atoms with van der Waals surface area (Å²) in [5.41, 5.74) is 6.35. The van der Waals surface area contributed by atoms with E-state index in [9.17, 15) is 5.26 Å². The van der Waals surface area contributed by atoms with E-state index in [1.165, 1.54) is 41.7 Å². The highest BCUT2D eigenvalue weighted by molar-refractivity contribution is 7.12. The van der Waals surface area contributed by atoms with E-state index in [2.05, 4.69) is 29.2 Å². The number of methoxy groups -OCH3 is 2. The van der Waals surface area contributed by atoms with Crippen LogP contribution in [0.2, 0.25) is 0 Å². The number of hydrogen-bond acceptors (Lipinski definition) is 5. The average molecular weight is 445 g/mol.